The van der Waals surface area contributed by atoms with Crippen LogP contribution in [0.4, 0.5) is 0 Å². The Labute approximate surface area is 69.0 Å². The van der Waals surface area contributed by atoms with E-state index in [1.807, 2.05) is 0 Å². The minimum absolute atomic E-state index is 0.219. The van der Waals surface area contributed by atoms with E-state index < -0.39 is 12.0 Å². The zero-order valence-electron chi connectivity index (χ0n) is 6.77. The second kappa shape index (κ2) is 2.06. The molecule has 0 spiro atoms. The predicted molar refractivity (Wildman–Crippen MR) is 39.2 cm³/mol. The minimum atomic E-state index is -0.692. The van der Waals surface area contributed by atoms with Crippen molar-refractivity contribution in [1.82, 2.24) is 4.90 Å². The van der Waals surface area contributed by atoms with Crippen LogP contribution in [0.3, 0.4) is 0 Å². The number of amides is 2. The molecule has 2 heterocycles. The maximum absolute atomic E-state index is 11.4. The fraction of sp³-hybridized carbons (Fsp3) is 0.571. The van der Waals surface area contributed by atoms with Crippen LogP contribution in [-0.2, 0) is 14.4 Å². The number of carbonyl (C=O) groups excluding carboxylic acids is 2. The molecule has 1 fully saturated rings. The van der Waals surface area contributed by atoms with E-state index in [1.54, 1.807) is 6.92 Å². The van der Waals surface area contributed by atoms with Gasteiger partial charge >= 0.3 is 0 Å². The van der Waals surface area contributed by atoms with E-state index in [9.17, 15) is 9.59 Å². The molecule has 2 atom stereocenters. The molecule has 0 saturated carbocycles. The topological polar surface area (TPSA) is 59.0 Å². The summed E-state index contributed by atoms with van der Waals surface area (Å²) < 4.78 is 0. The Morgan fingerprint density at radius 2 is 2.08 bits per heavy atom. The number of rotatable bonds is 0. The van der Waals surface area contributed by atoms with Crippen LogP contribution in [0.5, 0.6) is 0 Å². The van der Waals surface area contributed by atoms with E-state index in [0.29, 0.717) is 5.71 Å². The Balaban J connectivity index is 2.38. The Morgan fingerprint density at radius 3 is 2.67 bits per heavy atom. The monoisotopic (exact) mass is 168 g/mol. The van der Waals surface area contributed by atoms with Crippen molar-refractivity contribution in [3.8, 4) is 0 Å². The van der Waals surface area contributed by atoms with Crippen molar-refractivity contribution in [2.45, 2.75) is 13.0 Å². The van der Waals surface area contributed by atoms with Crippen molar-refractivity contribution in [3.05, 3.63) is 0 Å². The summed E-state index contributed by atoms with van der Waals surface area (Å²) in [5.41, 5.74) is 0.586. The summed E-state index contributed by atoms with van der Waals surface area (Å²) in [5.74, 6) is -0.989. The molecule has 0 aromatic heterocycles. The minimum Gasteiger partial charge on any atom is -0.381 e. The number of fused-ring (bicyclic) bond motifs is 1. The molecule has 2 unspecified atom stereocenters. The van der Waals surface area contributed by atoms with Crippen molar-refractivity contribution in [3.63, 3.8) is 0 Å². The average molecular weight is 168 g/mol. The van der Waals surface area contributed by atoms with E-state index in [-0.39, 0.29) is 11.8 Å². The molecular weight excluding hydrogens is 160 g/mol. The first-order chi connectivity index (χ1) is 5.63. The van der Waals surface area contributed by atoms with Crippen molar-refractivity contribution >= 4 is 17.5 Å². The molecule has 0 aliphatic carbocycles. The quantitative estimate of drug-likeness (QED) is 0.453. The third kappa shape index (κ3) is 0.654. The van der Waals surface area contributed by atoms with Gasteiger partial charge in [0.1, 0.15) is 5.92 Å². The van der Waals surface area contributed by atoms with Crippen molar-refractivity contribution < 1.29 is 14.4 Å². The van der Waals surface area contributed by atoms with Crippen LogP contribution in [0.15, 0.2) is 5.16 Å². The molecule has 64 valence electrons. The number of carbonyl (C=O) groups is 2. The van der Waals surface area contributed by atoms with Crippen LogP contribution in [0.25, 0.3) is 0 Å². The van der Waals surface area contributed by atoms with E-state index in [2.05, 4.69) is 5.16 Å². The van der Waals surface area contributed by atoms with Crippen LogP contribution >= 0.6 is 0 Å². The highest BCUT2D eigenvalue weighted by atomic mass is 16.6. The predicted octanol–water partition coefficient (Wildman–Crippen LogP) is -0.624. The van der Waals surface area contributed by atoms with E-state index >= 15 is 0 Å². The second-order valence-corrected chi connectivity index (χ2v) is 2.97. The van der Waals surface area contributed by atoms with Gasteiger partial charge in [0.15, 0.2) is 0 Å². The van der Waals surface area contributed by atoms with Gasteiger partial charge in [-0.3, -0.25) is 14.5 Å². The fourth-order valence-electron chi connectivity index (χ4n) is 1.48. The number of hydrogen-bond acceptors (Lipinski definition) is 4. The lowest BCUT2D eigenvalue weighted by atomic mass is 10.0. The summed E-state index contributed by atoms with van der Waals surface area (Å²) in [6, 6.07) is 0. The van der Waals surface area contributed by atoms with Crippen LogP contribution in [0.1, 0.15) is 6.92 Å². The third-order valence-electron chi connectivity index (χ3n) is 2.23. The van der Waals surface area contributed by atoms with Crippen molar-refractivity contribution in [2.24, 2.45) is 11.1 Å². The molecule has 5 heteroatoms. The van der Waals surface area contributed by atoms with Gasteiger partial charge in [0, 0.05) is 7.05 Å². The Kier molecular flexibility index (Phi) is 1.25. The van der Waals surface area contributed by atoms with Gasteiger partial charge in [-0.25, -0.2) is 0 Å². The molecule has 2 rings (SSSR count). The largest absolute Gasteiger partial charge is 0.381 e. The number of oxime groups is 1. The highest BCUT2D eigenvalue weighted by molar-refractivity contribution is 6.17. The number of likely N-dealkylation sites (N-methyl/N-ethyl adjacent to an activating group) is 1. The first-order valence-corrected chi connectivity index (χ1v) is 3.64. The summed E-state index contributed by atoms with van der Waals surface area (Å²) in [6.45, 7) is 1.69. The normalized spacial score (nSPS) is 33.5. The smallest absolute Gasteiger partial charge is 0.274 e. The number of likely N-dealkylation sites (tertiary alicyclic amines) is 1. The van der Waals surface area contributed by atoms with Crippen molar-refractivity contribution in [2.75, 3.05) is 7.05 Å². The van der Waals surface area contributed by atoms with Crippen LogP contribution < -0.4 is 0 Å². The van der Waals surface area contributed by atoms with Gasteiger partial charge in [-0.1, -0.05) is 5.16 Å². The number of nitrogens with zero attached hydrogens (tertiary/aromatic N) is 2. The molecule has 12 heavy (non-hydrogen) atoms. The molecule has 0 aromatic carbocycles. The summed E-state index contributed by atoms with van der Waals surface area (Å²) in [7, 11) is 1.46. The molecule has 0 aromatic rings. The highest BCUT2D eigenvalue weighted by Crippen LogP contribution is 2.27. The molecular formula is C7H8N2O3. The third-order valence-corrected chi connectivity index (χ3v) is 2.23. The van der Waals surface area contributed by atoms with Gasteiger partial charge in [0.25, 0.3) is 5.91 Å². The van der Waals surface area contributed by atoms with Gasteiger partial charge in [-0.05, 0) is 6.92 Å². The molecule has 5 nitrogen and oxygen atoms in total. The SMILES string of the molecule is CC1=NOC2C(=O)N(C)C(=O)C12. The first kappa shape index (κ1) is 7.27. The molecule has 0 radical (unpaired) electrons. The van der Waals surface area contributed by atoms with Gasteiger partial charge < -0.3 is 4.84 Å². The zero-order chi connectivity index (χ0) is 8.88. The lowest BCUT2D eigenvalue weighted by Gasteiger charge is -2.05. The summed E-state index contributed by atoms with van der Waals surface area (Å²) >= 11 is 0. The molecule has 2 amide bonds. The summed E-state index contributed by atoms with van der Waals surface area (Å²) in [5, 5.41) is 3.60. The molecule has 0 N–H and O–H groups in total. The van der Waals surface area contributed by atoms with Gasteiger partial charge in [0.2, 0.25) is 12.0 Å². The van der Waals surface area contributed by atoms with E-state index in [4.69, 9.17) is 4.84 Å². The molecule has 0 bridgehead atoms. The van der Waals surface area contributed by atoms with Crippen LogP contribution in [0.2, 0.25) is 0 Å². The standard InChI is InChI=1S/C7H8N2O3/c1-3-4-5(12-8-3)7(11)9(2)6(4)10/h4-5H,1-2H3. The molecule has 2 aliphatic rings. The summed E-state index contributed by atoms with van der Waals surface area (Å²) in [4.78, 5) is 28.5. The number of hydrogen-bond donors (Lipinski definition) is 0. The summed E-state index contributed by atoms with van der Waals surface area (Å²) in [6.07, 6.45) is -0.692. The van der Waals surface area contributed by atoms with Gasteiger partial charge in [-0.2, -0.15) is 0 Å². The highest BCUT2D eigenvalue weighted by Gasteiger charge is 2.52. The lowest BCUT2D eigenvalue weighted by molar-refractivity contribution is -0.140. The zero-order valence-corrected chi connectivity index (χ0v) is 6.77. The maximum atomic E-state index is 11.4. The number of imide groups is 1. The maximum Gasteiger partial charge on any atom is 0.274 e. The first-order valence-electron chi connectivity index (χ1n) is 3.64. The Bertz CT molecular complexity index is 297. The lowest BCUT2D eigenvalue weighted by Crippen LogP contribution is -2.28. The van der Waals surface area contributed by atoms with Crippen LogP contribution in [0, 0.1) is 5.92 Å². The molecule has 2 aliphatic heterocycles. The fourth-order valence-corrected chi connectivity index (χ4v) is 1.48. The molecule has 1 saturated heterocycles. The van der Waals surface area contributed by atoms with Crippen LogP contribution in [-0.4, -0.2) is 35.6 Å². The van der Waals surface area contributed by atoms with Gasteiger partial charge in [-0.15, -0.1) is 0 Å². The van der Waals surface area contributed by atoms with E-state index in [0.717, 1.165) is 4.90 Å². The van der Waals surface area contributed by atoms with Crippen molar-refractivity contribution in [1.29, 1.82) is 0 Å². The van der Waals surface area contributed by atoms with Gasteiger partial charge in [0.05, 0.1) is 5.71 Å². The Morgan fingerprint density at radius 1 is 1.42 bits per heavy atom. The Hall–Kier alpha value is -1.39. The average Bonchev–Trinajstić information content (AvgIpc) is 2.51. The second-order valence-electron chi connectivity index (χ2n) is 2.97. The van der Waals surface area contributed by atoms with E-state index in [1.165, 1.54) is 7.05 Å².